The van der Waals surface area contributed by atoms with Crippen molar-refractivity contribution >= 4 is 5.91 Å². The minimum atomic E-state index is -0.135. The molecule has 0 aliphatic rings. The van der Waals surface area contributed by atoms with Gasteiger partial charge in [-0.1, -0.05) is 13.3 Å². The molecule has 0 spiro atoms. The molecule has 4 nitrogen and oxygen atoms in total. The van der Waals surface area contributed by atoms with E-state index in [9.17, 15) is 4.79 Å². The Balaban J connectivity index is 3.68. The lowest BCUT2D eigenvalue weighted by atomic mass is 10.2. The summed E-state index contributed by atoms with van der Waals surface area (Å²) in [4.78, 5) is 11.6. The molecular formula is C12H26N2O2. The second-order valence-corrected chi connectivity index (χ2v) is 4.22. The maximum absolute atomic E-state index is 11.6. The Bertz CT molecular complexity index is 186. The highest BCUT2D eigenvalue weighted by Gasteiger charge is 2.14. The molecule has 0 aromatic carbocycles. The quantitative estimate of drug-likeness (QED) is 0.587. The van der Waals surface area contributed by atoms with E-state index in [2.05, 4.69) is 24.5 Å². The number of amides is 1. The second kappa shape index (κ2) is 9.60. The van der Waals surface area contributed by atoms with Crippen LogP contribution < -0.4 is 10.6 Å². The lowest BCUT2D eigenvalue weighted by Crippen LogP contribution is -2.46. The molecule has 0 heterocycles. The Morgan fingerprint density at radius 3 is 2.62 bits per heavy atom. The van der Waals surface area contributed by atoms with Crippen LogP contribution in [0, 0.1) is 0 Å². The molecule has 0 aromatic rings. The molecule has 0 saturated heterocycles. The van der Waals surface area contributed by atoms with Crippen molar-refractivity contribution in [1.82, 2.24) is 10.6 Å². The fourth-order valence-electron chi connectivity index (χ4n) is 1.42. The van der Waals surface area contributed by atoms with Gasteiger partial charge in [0.2, 0.25) is 5.91 Å². The van der Waals surface area contributed by atoms with Gasteiger partial charge in [-0.2, -0.15) is 0 Å². The maximum Gasteiger partial charge on any atom is 0.236 e. The summed E-state index contributed by atoms with van der Waals surface area (Å²) in [6.07, 6.45) is 3.06. The van der Waals surface area contributed by atoms with Gasteiger partial charge in [0, 0.05) is 26.3 Å². The fourth-order valence-corrected chi connectivity index (χ4v) is 1.42. The molecule has 0 saturated carbocycles. The average molecular weight is 230 g/mol. The predicted molar refractivity (Wildman–Crippen MR) is 66.5 cm³/mol. The third-order valence-corrected chi connectivity index (χ3v) is 2.51. The van der Waals surface area contributed by atoms with E-state index in [1.165, 1.54) is 0 Å². The highest BCUT2D eigenvalue weighted by molar-refractivity contribution is 5.81. The van der Waals surface area contributed by atoms with E-state index in [1.54, 1.807) is 7.11 Å². The van der Waals surface area contributed by atoms with Crippen molar-refractivity contribution in [3.05, 3.63) is 0 Å². The first kappa shape index (κ1) is 15.4. The van der Waals surface area contributed by atoms with Crippen LogP contribution in [-0.2, 0) is 9.53 Å². The Hall–Kier alpha value is -0.610. The minimum Gasteiger partial charge on any atom is -0.385 e. The lowest BCUT2D eigenvalue weighted by Gasteiger charge is -2.19. The minimum absolute atomic E-state index is 0.0812. The molecule has 2 atom stereocenters. The summed E-state index contributed by atoms with van der Waals surface area (Å²) in [5.74, 6) is 0.0812. The van der Waals surface area contributed by atoms with Crippen molar-refractivity contribution in [3.8, 4) is 0 Å². The Morgan fingerprint density at radius 1 is 1.38 bits per heavy atom. The molecule has 0 aromatic heterocycles. The second-order valence-electron chi connectivity index (χ2n) is 4.22. The monoisotopic (exact) mass is 230 g/mol. The summed E-state index contributed by atoms with van der Waals surface area (Å²) in [5, 5.41) is 6.16. The van der Waals surface area contributed by atoms with Gasteiger partial charge >= 0.3 is 0 Å². The van der Waals surface area contributed by atoms with Crippen LogP contribution in [0.15, 0.2) is 0 Å². The lowest BCUT2D eigenvalue weighted by molar-refractivity contribution is -0.122. The van der Waals surface area contributed by atoms with Crippen LogP contribution in [0.1, 0.15) is 40.0 Å². The van der Waals surface area contributed by atoms with Crippen molar-refractivity contribution in [2.75, 3.05) is 20.3 Å². The van der Waals surface area contributed by atoms with E-state index in [4.69, 9.17) is 4.74 Å². The standard InChI is InChI=1S/C12H26N2O2/c1-5-6-8-13-12(15)11(3)14-10(2)7-9-16-4/h10-11,14H,5-9H2,1-4H3,(H,13,15). The van der Waals surface area contributed by atoms with Crippen molar-refractivity contribution in [1.29, 1.82) is 0 Å². The normalized spacial score (nSPS) is 14.5. The zero-order chi connectivity index (χ0) is 12.4. The van der Waals surface area contributed by atoms with E-state index in [1.807, 2.05) is 6.92 Å². The molecule has 1 amide bonds. The van der Waals surface area contributed by atoms with Gasteiger partial charge in [0.1, 0.15) is 0 Å². The van der Waals surface area contributed by atoms with Crippen LogP contribution in [0.3, 0.4) is 0 Å². The van der Waals surface area contributed by atoms with Gasteiger partial charge in [-0.25, -0.2) is 0 Å². The molecule has 96 valence electrons. The molecule has 4 heteroatoms. The molecule has 0 bridgehead atoms. The molecule has 0 fully saturated rings. The smallest absolute Gasteiger partial charge is 0.236 e. The highest BCUT2D eigenvalue weighted by atomic mass is 16.5. The van der Waals surface area contributed by atoms with Gasteiger partial charge in [-0.3, -0.25) is 4.79 Å². The van der Waals surface area contributed by atoms with Crippen molar-refractivity contribution in [3.63, 3.8) is 0 Å². The summed E-state index contributed by atoms with van der Waals surface area (Å²) in [7, 11) is 1.69. The summed E-state index contributed by atoms with van der Waals surface area (Å²) < 4.78 is 4.99. The maximum atomic E-state index is 11.6. The van der Waals surface area contributed by atoms with E-state index < -0.39 is 0 Å². The Morgan fingerprint density at radius 2 is 2.06 bits per heavy atom. The Labute approximate surface area is 99.1 Å². The van der Waals surface area contributed by atoms with E-state index in [0.717, 1.165) is 32.4 Å². The third-order valence-electron chi connectivity index (χ3n) is 2.51. The number of methoxy groups -OCH3 is 1. The molecule has 2 unspecified atom stereocenters. The number of carbonyl (C=O) groups excluding carboxylic acids is 1. The van der Waals surface area contributed by atoms with Crippen LogP contribution in [0.4, 0.5) is 0 Å². The van der Waals surface area contributed by atoms with Gasteiger partial charge in [-0.05, 0) is 26.7 Å². The molecule has 0 aliphatic carbocycles. The first-order valence-electron chi connectivity index (χ1n) is 6.14. The van der Waals surface area contributed by atoms with Gasteiger partial charge in [0.25, 0.3) is 0 Å². The van der Waals surface area contributed by atoms with E-state index >= 15 is 0 Å². The van der Waals surface area contributed by atoms with Crippen molar-refractivity contribution in [2.45, 2.75) is 52.1 Å². The van der Waals surface area contributed by atoms with Crippen LogP contribution in [0.5, 0.6) is 0 Å². The van der Waals surface area contributed by atoms with Crippen LogP contribution in [0.2, 0.25) is 0 Å². The summed E-state index contributed by atoms with van der Waals surface area (Å²) in [6, 6.07) is 0.163. The molecule has 16 heavy (non-hydrogen) atoms. The number of hydrogen-bond acceptors (Lipinski definition) is 3. The number of ether oxygens (including phenoxy) is 1. The summed E-state index contributed by atoms with van der Waals surface area (Å²) >= 11 is 0. The first-order valence-corrected chi connectivity index (χ1v) is 6.14. The average Bonchev–Trinajstić information content (AvgIpc) is 2.26. The summed E-state index contributed by atoms with van der Waals surface area (Å²) in [6.45, 7) is 7.56. The fraction of sp³-hybridized carbons (Fsp3) is 0.917. The van der Waals surface area contributed by atoms with Gasteiger partial charge < -0.3 is 15.4 Å². The van der Waals surface area contributed by atoms with Gasteiger partial charge in [0.05, 0.1) is 6.04 Å². The molecule has 0 radical (unpaired) electrons. The molecule has 0 rings (SSSR count). The number of rotatable bonds is 9. The summed E-state index contributed by atoms with van der Waals surface area (Å²) in [5.41, 5.74) is 0. The first-order chi connectivity index (χ1) is 7.61. The molecule has 2 N–H and O–H groups in total. The molecular weight excluding hydrogens is 204 g/mol. The van der Waals surface area contributed by atoms with Crippen LogP contribution in [-0.4, -0.2) is 38.3 Å². The predicted octanol–water partition coefficient (Wildman–Crippen LogP) is 1.31. The van der Waals surface area contributed by atoms with Gasteiger partial charge in [0.15, 0.2) is 0 Å². The molecule has 0 aliphatic heterocycles. The third kappa shape index (κ3) is 7.65. The number of unbranched alkanes of at least 4 members (excludes halogenated alkanes) is 1. The zero-order valence-corrected chi connectivity index (χ0v) is 11.0. The number of nitrogens with one attached hydrogen (secondary N) is 2. The largest absolute Gasteiger partial charge is 0.385 e. The number of hydrogen-bond donors (Lipinski definition) is 2. The number of carbonyl (C=O) groups is 1. The zero-order valence-electron chi connectivity index (χ0n) is 11.0. The van der Waals surface area contributed by atoms with Crippen LogP contribution >= 0.6 is 0 Å². The Kier molecular flexibility index (Phi) is 9.24. The van der Waals surface area contributed by atoms with Crippen LogP contribution in [0.25, 0.3) is 0 Å². The van der Waals surface area contributed by atoms with Crippen molar-refractivity contribution in [2.24, 2.45) is 0 Å². The SMILES string of the molecule is CCCCNC(=O)C(C)NC(C)CCOC. The van der Waals surface area contributed by atoms with Gasteiger partial charge in [-0.15, -0.1) is 0 Å². The highest BCUT2D eigenvalue weighted by Crippen LogP contribution is 1.94. The topological polar surface area (TPSA) is 50.4 Å². The van der Waals surface area contributed by atoms with Crippen molar-refractivity contribution < 1.29 is 9.53 Å². The van der Waals surface area contributed by atoms with E-state index in [-0.39, 0.29) is 11.9 Å². The van der Waals surface area contributed by atoms with E-state index in [0.29, 0.717) is 6.04 Å².